The molecule has 0 bridgehead atoms. The van der Waals surface area contributed by atoms with Crippen molar-refractivity contribution in [2.24, 2.45) is 0 Å². The zero-order chi connectivity index (χ0) is 18.9. The molecule has 2 aromatic rings. The summed E-state index contributed by atoms with van der Waals surface area (Å²) in [5, 5.41) is 0. The van der Waals surface area contributed by atoms with Crippen LogP contribution in [0.3, 0.4) is 0 Å². The van der Waals surface area contributed by atoms with Crippen LogP contribution in [-0.2, 0) is 16.8 Å². The van der Waals surface area contributed by atoms with Crippen molar-refractivity contribution in [2.75, 3.05) is 20.7 Å². The van der Waals surface area contributed by atoms with Gasteiger partial charge >= 0.3 is 0 Å². The average Bonchev–Trinajstić information content (AvgIpc) is 3.04. The normalized spacial score (nSPS) is 25.3. The molecular weight excluding hydrogens is 338 g/mol. The van der Waals surface area contributed by atoms with Gasteiger partial charge in [0, 0.05) is 24.3 Å². The number of carbonyl (C=O) groups is 1. The lowest BCUT2D eigenvalue weighted by molar-refractivity contribution is -0.122. The molecule has 2 atom stereocenters. The molecule has 0 aromatic heterocycles. The number of Topliss-reactive ketones (excluding diaryl/α,β-unsaturated/α-hetero) is 1. The second kappa shape index (κ2) is 7.35. The average molecular weight is 365 g/mol. The van der Waals surface area contributed by atoms with Gasteiger partial charge in [0.25, 0.3) is 0 Å². The van der Waals surface area contributed by atoms with E-state index in [1.54, 1.807) is 7.11 Å². The summed E-state index contributed by atoms with van der Waals surface area (Å²) in [5.74, 6) is 1.92. The lowest BCUT2D eigenvalue weighted by Gasteiger charge is -2.41. The minimum Gasteiger partial charge on any atom is -0.493 e. The van der Waals surface area contributed by atoms with Crippen LogP contribution in [0.5, 0.6) is 11.5 Å². The molecular formula is C23H27NO3. The molecule has 4 heteroatoms. The number of rotatable bonds is 5. The first-order chi connectivity index (χ1) is 13.1. The zero-order valence-corrected chi connectivity index (χ0v) is 16.1. The van der Waals surface area contributed by atoms with Crippen molar-refractivity contribution in [3.8, 4) is 11.5 Å². The Bertz CT molecular complexity index is 820. The molecule has 1 saturated heterocycles. The molecule has 1 aliphatic carbocycles. The predicted molar refractivity (Wildman–Crippen MR) is 105 cm³/mol. The van der Waals surface area contributed by atoms with Crippen LogP contribution < -0.4 is 9.47 Å². The Labute approximate surface area is 161 Å². The third kappa shape index (κ3) is 3.34. The molecule has 1 aliphatic heterocycles. The second-order valence-corrected chi connectivity index (χ2v) is 7.79. The Kier molecular flexibility index (Phi) is 4.92. The van der Waals surface area contributed by atoms with Crippen LogP contribution in [0.25, 0.3) is 0 Å². The van der Waals surface area contributed by atoms with E-state index in [9.17, 15) is 4.79 Å². The maximum Gasteiger partial charge on any atom is 0.161 e. The first kappa shape index (κ1) is 18.1. The highest BCUT2D eigenvalue weighted by Crippen LogP contribution is 2.49. The van der Waals surface area contributed by atoms with E-state index < -0.39 is 0 Å². The van der Waals surface area contributed by atoms with Crippen molar-refractivity contribution in [2.45, 2.75) is 43.7 Å². The van der Waals surface area contributed by atoms with Gasteiger partial charge in [-0.05, 0) is 49.7 Å². The Morgan fingerprint density at radius 1 is 1.11 bits per heavy atom. The summed E-state index contributed by atoms with van der Waals surface area (Å²) in [6.45, 7) is 1.55. The molecule has 27 heavy (non-hydrogen) atoms. The Balaban J connectivity index is 1.60. The van der Waals surface area contributed by atoms with Gasteiger partial charge in [0.05, 0.1) is 7.11 Å². The molecule has 0 spiro atoms. The summed E-state index contributed by atoms with van der Waals surface area (Å²) in [6.07, 6.45) is 3.35. The fourth-order valence-electron chi connectivity index (χ4n) is 4.76. The Morgan fingerprint density at radius 3 is 2.70 bits per heavy atom. The zero-order valence-electron chi connectivity index (χ0n) is 16.1. The van der Waals surface area contributed by atoms with E-state index in [1.165, 1.54) is 5.56 Å². The number of nitrogens with zero attached hydrogens (tertiary/aromatic N) is 1. The van der Waals surface area contributed by atoms with Gasteiger partial charge in [-0.1, -0.05) is 36.4 Å². The highest BCUT2D eigenvalue weighted by molar-refractivity contribution is 5.81. The van der Waals surface area contributed by atoms with E-state index in [4.69, 9.17) is 9.47 Å². The van der Waals surface area contributed by atoms with Crippen molar-refractivity contribution in [1.29, 1.82) is 0 Å². The number of benzene rings is 2. The highest BCUT2D eigenvalue weighted by Gasteiger charge is 2.50. The van der Waals surface area contributed by atoms with Gasteiger partial charge in [-0.15, -0.1) is 0 Å². The van der Waals surface area contributed by atoms with Gasteiger partial charge in [0.15, 0.2) is 11.5 Å². The van der Waals surface area contributed by atoms with E-state index >= 15 is 0 Å². The van der Waals surface area contributed by atoms with E-state index in [0.717, 1.165) is 36.4 Å². The van der Waals surface area contributed by atoms with E-state index in [2.05, 4.69) is 36.2 Å². The van der Waals surface area contributed by atoms with Crippen LogP contribution in [-0.4, -0.2) is 37.4 Å². The quantitative estimate of drug-likeness (QED) is 0.804. The van der Waals surface area contributed by atoms with Gasteiger partial charge in [-0.2, -0.15) is 0 Å². The lowest BCUT2D eigenvalue weighted by atomic mass is 9.66. The Morgan fingerprint density at radius 2 is 1.93 bits per heavy atom. The van der Waals surface area contributed by atoms with Gasteiger partial charge < -0.3 is 14.4 Å². The number of fused-ring (bicyclic) bond motifs is 1. The van der Waals surface area contributed by atoms with Crippen LogP contribution in [0.1, 0.15) is 36.8 Å². The summed E-state index contributed by atoms with van der Waals surface area (Å²) in [4.78, 5) is 14.4. The molecule has 0 radical (unpaired) electrons. The molecule has 4 nitrogen and oxygen atoms in total. The topological polar surface area (TPSA) is 38.8 Å². The fraction of sp³-hybridized carbons (Fsp3) is 0.435. The minimum absolute atomic E-state index is 0.0495. The maximum atomic E-state index is 12.1. The first-order valence-electron chi connectivity index (χ1n) is 9.69. The summed E-state index contributed by atoms with van der Waals surface area (Å²) >= 11 is 0. The highest BCUT2D eigenvalue weighted by atomic mass is 16.5. The van der Waals surface area contributed by atoms with Gasteiger partial charge in [-0.3, -0.25) is 4.79 Å². The number of carbonyl (C=O) groups excluding carboxylic acids is 1. The maximum absolute atomic E-state index is 12.1. The Hall–Kier alpha value is -2.33. The number of methoxy groups -OCH3 is 1. The van der Waals surface area contributed by atoms with Gasteiger partial charge in [-0.25, -0.2) is 0 Å². The SMILES string of the molecule is COc1cc(C23CCC(=O)CC2N(C)CC3)ccc1OCc1ccccc1. The van der Waals surface area contributed by atoms with E-state index in [1.807, 2.05) is 24.3 Å². The third-order valence-corrected chi connectivity index (χ3v) is 6.33. The summed E-state index contributed by atoms with van der Waals surface area (Å²) in [6, 6.07) is 16.8. The van der Waals surface area contributed by atoms with Crippen LogP contribution in [0.4, 0.5) is 0 Å². The van der Waals surface area contributed by atoms with Gasteiger partial charge in [0.2, 0.25) is 0 Å². The number of likely N-dealkylation sites (tertiary alicyclic amines) is 1. The summed E-state index contributed by atoms with van der Waals surface area (Å²) < 4.78 is 11.7. The number of ether oxygens (including phenoxy) is 2. The minimum atomic E-state index is 0.0495. The third-order valence-electron chi connectivity index (χ3n) is 6.33. The van der Waals surface area contributed by atoms with Crippen LogP contribution in [0.15, 0.2) is 48.5 Å². The van der Waals surface area contributed by atoms with Gasteiger partial charge in [0.1, 0.15) is 12.4 Å². The second-order valence-electron chi connectivity index (χ2n) is 7.79. The number of hydrogen-bond acceptors (Lipinski definition) is 4. The summed E-state index contributed by atoms with van der Waals surface area (Å²) in [7, 11) is 3.83. The number of likely N-dealkylation sites (N-methyl/N-ethyl adjacent to an activating group) is 1. The number of hydrogen-bond donors (Lipinski definition) is 0. The molecule has 1 saturated carbocycles. The monoisotopic (exact) mass is 365 g/mol. The standard InChI is InChI=1S/C23H27NO3/c1-24-13-12-23(11-10-19(25)15-22(23)24)18-8-9-20(21(14-18)26-2)27-16-17-6-4-3-5-7-17/h3-9,14,22H,10-13,15-16H2,1-2H3. The van der Waals surface area contributed by atoms with Crippen molar-refractivity contribution in [3.63, 3.8) is 0 Å². The molecule has 4 rings (SSSR count). The fourth-order valence-corrected chi connectivity index (χ4v) is 4.76. The smallest absolute Gasteiger partial charge is 0.161 e. The molecule has 142 valence electrons. The van der Waals surface area contributed by atoms with E-state index in [-0.39, 0.29) is 5.41 Å². The molecule has 2 aliphatic rings. The predicted octanol–water partition coefficient (Wildman–Crippen LogP) is 3.97. The number of ketones is 1. The molecule has 2 aromatic carbocycles. The first-order valence-corrected chi connectivity index (χ1v) is 9.69. The van der Waals surface area contributed by atoms with Crippen molar-refractivity contribution < 1.29 is 14.3 Å². The molecule has 0 N–H and O–H groups in total. The van der Waals surface area contributed by atoms with Crippen molar-refractivity contribution in [3.05, 3.63) is 59.7 Å². The molecule has 0 amide bonds. The molecule has 2 unspecified atom stereocenters. The van der Waals surface area contributed by atoms with Crippen molar-refractivity contribution in [1.82, 2.24) is 4.90 Å². The van der Waals surface area contributed by atoms with Crippen LogP contribution >= 0.6 is 0 Å². The molecule has 2 fully saturated rings. The lowest BCUT2D eigenvalue weighted by Crippen LogP contribution is -2.46. The van der Waals surface area contributed by atoms with Crippen LogP contribution in [0.2, 0.25) is 0 Å². The van der Waals surface area contributed by atoms with Crippen LogP contribution in [0, 0.1) is 0 Å². The van der Waals surface area contributed by atoms with E-state index in [0.29, 0.717) is 31.3 Å². The molecule has 1 heterocycles. The summed E-state index contributed by atoms with van der Waals surface area (Å²) in [5.41, 5.74) is 2.45. The largest absolute Gasteiger partial charge is 0.493 e. The van der Waals surface area contributed by atoms with Crippen molar-refractivity contribution >= 4 is 5.78 Å².